The van der Waals surface area contributed by atoms with Gasteiger partial charge in [-0.25, -0.2) is 4.79 Å². The van der Waals surface area contributed by atoms with Gasteiger partial charge in [0.15, 0.2) is 0 Å². The number of alkyl halides is 2. The number of halogens is 2. The predicted octanol–water partition coefficient (Wildman–Crippen LogP) is 0.675. The zero-order valence-corrected chi connectivity index (χ0v) is 14.1. The van der Waals surface area contributed by atoms with Gasteiger partial charge in [-0.15, -0.1) is 0 Å². The van der Waals surface area contributed by atoms with Gasteiger partial charge in [0.2, 0.25) is 0 Å². The molecule has 1 aliphatic rings. The number of hydrogen-bond acceptors (Lipinski definition) is 7. The van der Waals surface area contributed by atoms with E-state index in [1.54, 1.807) is 13.8 Å². The van der Waals surface area contributed by atoms with Crippen molar-refractivity contribution >= 4 is 16.1 Å². The lowest BCUT2D eigenvalue weighted by Crippen LogP contribution is -2.44. The summed E-state index contributed by atoms with van der Waals surface area (Å²) in [6, 6.07) is 0. The van der Waals surface area contributed by atoms with E-state index in [-0.39, 0.29) is 12.0 Å². The summed E-state index contributed by atoms with van der Waals surface area (Å²) in [5.74, 6) is -1.20. The van der Waals surface area contributed by atoms with Crippen LogP contribution < -0.4 is 0 Å². The van der Waals surface area contributed by atoms with E-state index < -0.39 is 39.8 Å². The Kier molecular flexibility index (Phi) is 6.67. The lowest BCUT2D eigenvalue weighted by Gasteiger charge is -2.22. The number of ether oxygens (including phenoxy) is 2. The molecule has 0 amide bonds. The maximum atomic E-state index is 13.0. The lowest BCUT2D eigenvalue weighted by molar-refractivity contribution is -0.209. The van der Waals surface area contributed by atoms with Crippen molar-refractivity contribution in [2.75, 3.05) is 6.61 Å². The van der Waals surface area contributed by atoms with Crippen LogP contribution in [0.4, 0.5) is 8.78 Å². The average molecular weight is 376 g/mol. The zero-order valence-electron chi connectivity index (χ0n) is 13.3. The summed E-state index contributed by atoms with van der Waals surface area (Å²) in [4.78, 5) is 11.3. The highest BCUT2D eigenvalue weighted by Gasteiger charge is 2.54. The number of rotatable bonds is 8. The minimum Gasteiger partial charge on any atom is -0.426 e. The van der Waals surface area contributed by atoms with Crippen molar-refractivity contribution in [3.8, 4) is 0 Å². The summed E-state index contributed by atoms with van der Waals surface area (Å²) in [5.41, 5.74) is -0.829. The first-order valence-corrected chi connectivity index (χ1v) is 8.73. The summed E-state index contributed by atoms with van der Waals surface area (Å²) in [6.45, 7) is 2.60. The van der Waals surface area contributed by atoms with Crippen LogP contribution in [0.1, 0.15) is 39.5 Å². The van der Waals surface area contributed by atoms with Crippen LogP contribution in [0, 0.1) is 5.92 Å². The van der Waals surface area contributed by atoms with Crippen molar-refractivity contribution in [1.29, 1.82) is 0 Å². The van der Waals surface area contributed by atoms with Crippen LogP contribution in [0.25, 0.3) is 0 Å². The molecule has 0 aliphatic heterocycles. The zero-order chi connectivity index (χ0) is 18.8. The summed E-state index contributed by atoms with van der Waals surface area (Å²) in [7, 11) is -5.93. The van der Waals surface area contributed by atoms with Gasteiger partial charge < -0.3 is 19.7 Å². The second kappa shape index (κ2) is 7.56. The quantitative estimate of drug-likeness (QED) is 0.320. The molecule has 0 aromatic carbocycles. The van der Waals surface area contributed by atoms with E-state index in [0.717, 1.165) is 6.42 Å². The van der Waals surface area contributed by atoms with Gasteiger partial charge in [-0.1, -0.05) is 0 Å². The molecule has 3 N–H and O–H groups in total. The number of esters is 1. The Hall–Kier alpha value is -0.880. The smallest absolute Gasteiger partial charge is 0.426 e. The van der Waals surface area contributed by atoms with Crippen LogP contribution in [0.3, 0.4) is 0 Å². The topological polar surface area (TPSA) is 130 Å². The summed E-state index contributed by atoms with van der Waals surface area (Å²) >= 11 is 0. The Morgan fingerprint density at radius 2 is 1.92 bits per heavy atom. The molecule has 0 heterocycles. The number of hydrogen-bond donors (Lipinski definition) is 3. The molecule has 142 valence electrons. The van der Waals surface area contributed by atoms with Crippen molar-refractivity contribution < 1.29 is 46.2 Å². The number of carbonyl (C=O) groups excluding carboxylic acids is 1. The maximum absolute atomic E-state index is 13.0. The molecule has 24 heavy (non-hydrogen) atoms. The minimum absolute atomic E-state index is 0.195. The molecule has 0 spiro atoms. The van der Waals surface area contributed by atoms with E-state index in [1.807, 2.05) is 0 Å². The Morgan fingerprint density at radius 1 is 1.33 bits per heavy atom. The maximum Gasteiger partial charge on any atom is 0.430 e. The molecule has 1 fully saturated rings. The molecule has 0 bridgehead atoms. The van der Waals surface area contributed by atoms with Gasteiger partial charge in [0.05, 0.1) is 11.7 Å². The van der Waals surface area contributed by atoms with Gasteiger partial charge in [-0.05, 0) is 45.4 Å². The van der Waals surface area contributed by atoms with Crippen molar-refractivity contribution in [3.63, 3.8) is 0 Å². The Balaban J connectivity index is 2.40. The molecule has 0 saturated heterocycles. The largest absolute Gasteiger partial charge is 0.430 e. The van der Waals surface area contributed by atoms with Crippen molar-refractivity contribution in [2.24, 2.45) is 5.92 Å². The van der Waals surface area contributed by atoms with E-state index in [1.165, 1.54) is 0 Å². The second-order valence-electron chi connectivity index (χ2n) is 6.51. The third-order valence-corrected chi connectivity index (χ3v) is 4.48. The van der Waals surface area contributed by atoms with Crippen LogP contribution in [0.5, 0.6) is 0 Å². The van der Waals surface area contributed by atoms with Gasteiger partial charge in [0.25, 0.3) is 6.29 Å². The number of aliphatic hydroxyl groups excluding tert-OH is 1. The highest BCUT2D eigenvalue weighted by atomic mass is 32.2. The van der Waals surface area contributed by atoms with Gasteiger partial charge in [0, 0.05) is 0 Å². The molecule has 0 aromatic rings. The molecule has 1 aliphatic carbocycles. The number of aliphatic hydroxyl groups is 2. The van der Waals surface area contributed by atoms with Crippen LogP contribution in [-0.2, 0) is 24.4 Å². The lowest BCUT2D eigenvalue weighted by atomic mass is 9.92. The van der Waals surface area contributed by atoms with Crippen LogP contribution in [-0.4, -0.2) is 59.0 Å². The molecule has 0 aromatic heterocycles. The first-order chi connectivity index (χ1) is 10.7. The van der Waals surface area contributed by atoms with Crippen LogP contribution in [0.15, 0.2) is 0 Å². The Bertz CT molecular complexity index is 543. The normalized spacial score (nSPS) is 24.0. The van der Waals surface area contributed by atoms with Crippen molar-refractivity contribution in [2.45, 2.75) is 62.8 Å². The Labute approximate surface area is 138 Å². The van der Waals surface area contributed by atoms with E-state index in [0.29, 0.717) is 19.3 Å². The molecule has 1 saturated carbocycles. The summed E-state index contributed by atoms with van der Waals surface area (Å²) < 4.78 is 64.1. The molecule has 11 heteroatoms. The van der Waals surface area contributed by atoms with Gasteiger partial charge >= 0.3 is 21.3 Å². The average Bonchev–Trinajstić information content (AvgIpc) is 2.80. The van der Waals surface area contributed by atoms with E-state index in [2.05, 4.69) is 4.74 Å². The third kappa shape index (κ3) is 6.20. The standard InChI is InChI=1S/C13H22F2O8S/c1-12(2,18)6-8-3-4-9(5-8)22-7-10(16)23-11(17)13(14,15)24(19,20)21/h8-9,11,17-18H,3-7H2,1-2H3,(H,19,20,21). The van der Waals surface area contributed by atoms with Crippen LogP contribution >= 0.6 is 0 Å². The van der Waals surface area contributed by atoms with Crippen molar-refractivity contribution in [1.82, 2.24) is 0 Å². The third-order valence-electron chi connectivity index (χ3n) is 3.59. The molecular formula is C13H22F2O8S. The predicted molar refractivity (Wildman–Crippen MR) is 76.6 cm³/mol. The molecule has 8 nitrogen and oxygen atoms in total. The second-order valence-corrected chi connectivity index (χ2v) is 8.00. The van der Waals surface area contributed by atoms with Gasteiger partial charge in [0.1, 0.15) is 6.61 Å². The number of carbonyl (C=O) groups is 1. The van der Waals surface area contributed by atoms with Crippen LogP contribution in [0.2, 0.25) is 0 Å². The molecule has 3 unspecified atom stereocenters. The van der Waals surface area contributed by atoms with Gasteiger partial charge in [-0.3, -0.25) is 4.55 Å². The van der Waals surface area contributed by atoms with E-state index in [4.69, 9.17) is 14.4 Å². The first-order valence-electron chi connectivity index (χ1n) is 7.29. The fourth-order valence-corrected chi connectivity index (χ4v) is 2.92. The fraction of sp³-hybridized carbons (Fsp3) is 0.923. The SMILES string of the molecule is CC(C)(O)CC1CCC(OCC(=O)OC(O)C(F)(F)S(=O)(=O)O)C1. The summed E-state index contributed by atoms with van der Waals surface area (Å²) in [6.07, 6.45) is -1.16. The molecule has 0 radical (unpaired) electrons. The molecule has 1 rings (SSSR count). The summed E-state index contributed by atoms with van der Waals surface area (Å²) in [5, 5.41) is 13.6. The van der Waals surface area contributed by atoms with Gasteiger partial charge in [-0.2, -0.15) is 17.2 Å². The van der Waals surface area contributed by atoms with E-state index >= 15 is 0 Å². The minimum atomic E-state index is -5.93. The van der Waals surface area contributed by atoms with E-state index in [9.17, 15) is 27.1 Å². The first kappa shape index (κ1) is 21.2. The fourth-order valence-electron chi connectivity index (χ4n) is 2.61. The molecule has 3 atom stereocenters. The molecular weight excluding hydrogens is 354 g/mol. The highest BCUT2D eigenvalue weighted by Crippen LogP contribution is 2.33. The Morgan fingerprint density at radius 3 is 2.42 bits per heavy atom. The van der Waals surface area contributed by atoms with Crippen molar-refractivity contribution in [3.05, 3.63) is 0 Å². The monoisotopic (exact) mass is 376 g/mol. The highest BCUT2D eigenvalue weighted by molar-refractivity contribution is 7.86.